The Bertz CT molecular complexity index is 1440. The summed E-state index contributed by atoms with van der Waals surface area (Å²) in [6.07, 6.45) is 10.3. The fraction of sp³-hybridized carbons (Fsp3) is 0.515. The van der Waals surface area contributed by atoms with Gasteiger partial charge in [0.15, 0.2) is 6.29 Å². The molecule has 0 bridgehead atoms. The van der Waals surface area contributed by atoms with Crippen molar-refractivity contribution >= 4 is 22.0 Å². The van der Waals surface area contributed by atoms with Crippen LogP contribution in [0.5, 0.6) is 0 Å². The minimum atomic E-state index is -3.61. The summed E-state index contributed by atoms with van der Waals surface area (Å²) >= 11 is 0. The molecule has 5 atom stereocenters. The van der Waals surface area contributed by atoms with E-state index in [4.69, 9.17) is 24.2 Å². The number of hydrogen-bond acceptors (Lipinski definition) is 7. The maximum atomic E-state index is 14.1. The SMILES string of the molecule is CC(C)OC1CC(OCc2ccccc2)CC(C=Cc2c(C(C)C)nc(N(C)S(C)(=O)=O)nc2C2C=CC(F)=CC2C)O1. The van der Waals surface area contributed by atoms with E-state index in [2.05, 4.69) is 0 Å². The van der Waals surface area contributed by atoms with Gasteiger partial charge in [0.05, 0.1) is 42.6 Å². The lowest BCUT2D eigenvalue weighted by Gasteiger charge is -2.35. The summed E-state index contributed by atoms with van der Waals surface area (Å²) in [6.45, 7) is 10.4. The van der Waals surface area contributed by atoms with Gasteiger partial charge in [0.2, 0.25) is 16.0 Å². The number of halogens is 1. The average molecular weight is 614 g/mol. The monoisotopic (exact) mass is 613 g/mol. The molecule has 10 heteroatoms. The molecule has 1 fully saturated rings. The fourth-order valence-corrected chi connectivity index (χ4v) is 5.67. The molecular formula is C33H44FN3O5S. The molecule has 0 N–H and O–H groups in total. The second-order valence-corrected chi connectivity index (χ2v) is 13.9. The number of allylic oxidation sites excluding steroid dienone is 4. The lowest BCUT2D eigenvalue weighted by atomic mass is 9.83. The van der Waals surface area contributed by atoms with Crippen molar-refractivity contribution in [3.8, 4) is 0 Å². The Labute approximate surface area is 255 Å². The third kappa shape index (κ3) is 8.81. The molecule has 0 amide bonds. The van der Waals surface area contributed by atoms with E-state index in [0.717, 1.165) is 21.7 Å². The van der Waals surface area contributed by atoms with Crippen molar-refractivity contribution in [2.75, 3.05) is 17.6 Å². The molecule has 0 saturated carbocycles. The Morgan fingerprint density at radius 2 is 1.86 bits per heavy atom. The van der Waals surface area contributed by atoms with Crippen LogP contribution in [0.4, 0.5) is 10.3 Å². The van der Waals surface area contributed by atoms with E-state index in [9.17, 15) is 12.8 Å². The number of nitrogens with zero attached hydrogens (tertiary/aromatic N) is 3. The van der Waals surface area contributed by atoms with Gasteiger partial charge < -0.3 is 14.2 Å². The molecule has 0 radical (unpaired) electrons. The summed E-state index contributed by atoms with van der Waals surface area (Å²) in [6, 6.07) is 10.1. The number of sulfonamides is 1. The van der Waals surface area contributed by atoms with Gasteiger partial charge in [-0.3, -0.25) is 0 Å². The second kappa shape index (κ2) is 14.2. The first-order chi connectivity index (χ1) is 20.3. The molecule has 234 valence electrons. The Hall–Kier alpha value is -2.92. The van der Waals surface area contributed by atoms with E-state index < -0.39 is 16.3 Å². The van der Waals surface area contributed by atoms with Crippen molar-refractivity contribution in [2.45, 2.75) is 90.5 Å². The molecule has 1 aliphatic heterocycles. The number of hydrogen-bond donors (Lipinski definition) is 0. The van der Waals surface area contributed by atoms with Crippen molar-refractivity contribution in [3.05, 3.63) is 83.0 Å². The van der Waals surface area contributed by atoms with Gasteiger partial charge in [-0.2, -0.15) is 0 Å². The normalized spacial score (nSPS) is 24.6. The molecule has 1 aliphatic carbocycles. The summed E-state index contributed by atoms with van der Waals surface area (Å²) in [7, 11) is -2.17. The van der Waals surface area contributed by atoms with E-state index in [1.807, 2.05) is 77.1 Å². The first-order valence-corrected chi connectivity index (χ1v) is 16.7. The number of aromatic nitrogens is 2. The molecule has 8 nitrogen and oxygen atoms in total. The molecule has 5 unspecified atom stereocenters. The summed E-state index contributed by atoms with van der Waals surface area (Å²) in [5.41, 5.74) is 3.21. The van der Waals surface area contributed by atoms with E-state index >= 15 is 0 Å². The van der Waals surface area contributed by atoms with Crippen LogP contribution < -0.4 is 4.31 Å². The fourth-order valence-electron chi connectivity index (χ4n) is 5.29. The van der Waals surface area contributed by atoms with Crippen molar-refractivity contribution in [1.82, 2.24) is 9.97 Å². The molecule has 0 spiro atoms. The maximum Gasteiger partial charge on any atom is 0.239 e. The number of ether oxygens (including phenoxy) is 3. The zero-order valence-corrected chi connectivity index (χ0v) is 26.9. The Balaban J connectivity index is 1.70. The number of anilines is 1. The summed E-state index contributed by atoms with van der Waals surface area (Å²) in [5.74, 6) is -0.746. The molecule has 2 aromatic rings. The molecule has 2 heterocycles. The summed E-state index contributed by atoms with van der Waals surface area (Å²) in [4.78, 5) is 9.48. The Kier molecular flexibility index (Phi) is 10.9. The van der Waals surface area contributed by atoms with Crippen LogP contribution in [0.3, 0.4) is 0 Å². The minimum absolute atomic E-state index is 0.0116. The molecule has 4 rings (SSSR count). The highest BCUT2D eigenvalue weighted by Gasteiger charge is 2.32. The number of rotatable bonds is 11. The molecule has 2 aliphatic rings. The predicted octanol–water partition coefficient (Wildman–Crippen LogP) is 6.67. The van der Waals surface area contributed by atoms with E-state index in [-0.39, 0.29) is 47.8 Å². The lowest BCUT2D eigenvalue weighted by Crippen LogP contribution is -2.38. The maximum absolute atomic E-state index is 14.1. The molecule has 1 aromatic carbocycles. The second-order valence-electron chi connectivity index (χ2n) is 11.9. The first kappa shape index (κ1) is 33.0. The van der Waals surface area contributed by atoms with Gasteiger partial charge in [-0.25, -0.2) is 27.1 Å². The zero-order chi connectivity index (χ0) is 31.3. The third-order valence-corrected chi connectivity index (χ3v) is 8.75. The van der Waals surface area contributed by atoms with Crippen LogP contribution in [0.15, 0.2) is 60.5 Å². The Morgan fingerprint density at radius 1 is 1.14 bits per heavy atom. The van der Waals surface area contributed by atoms with Crippen LogP contribution in [0, 0.1) is 5.92 Å². The van der Waals surface area contributed by atoms with Crippen molar-refractivity contribution < 1.29 is 27.0 Å². The van der Waals surface area contributed by atoms with Crippen LogP contribution in [-0.4, -0.2) is 56.3 Å². The van der Waals surface area contributed by atoms with Crippen LogP contribution in [-0.2, 0) is 30.8 Å². The summed E-state index contributed by atoms with van der Waals surface area (Å²) in [5, 5.41) is 0. The van der Waals surface area contributed by atoms with Crippen LogP contribution >= 0.6 is 0 Å². The van der Waals surface area contributed by atoms with Gasteiger partial charge in [-0.15, -0.1) is 0 Å². The highest BCUT2D eigenvalue weighted by atomic mass is 32.2. The minimum Gasteiger partial charge on any atom is -0.373 e. The first-order valence-electron chi connectivity index (χ1n) is 14.9. The lowest BCUT2D eigenvalue weighted by molar-refractivity contribution is -0.225. The van der Waals surface area contributed by atoms with Gasteiger partial charge in [0.25, 0.3) is 0 Å². The molecule has 43 heavy (non-hydrogen) atoms. The van der Waals surface area contributed by atoms with Crippen LogP contribution in [0.1, 0.15) is 81.8 Å². The zero-order valence-electron chi connectivity index (χ0n) is 26.1. The van der Waals surface area contributed by atoms with Gasteiger partial charge in [-0.1, -0.05) is 69.3 Å². The smallest absolute Gasteiger partial charge is 0.239 e. The van der Waals surface area contributed by atoms with Gasteiger partial charge in [0.1, 0.15) is 5.83 Å². The highest BCUT2D eigenvalue weighted by Crippen LogP contribution is 2.37. The van der Waals surface area contributed by atoms with Gasteiger partial charge >= 0.3 is 0 Å². The van der Waals surface area contributed by atoms with Gasteiger partial charge in [0, 0.05) is 31.4 Å². The van der Waals surface area contributed by atoms with E-state index in [1.165, 1.54) is 13.1 Å². The highest BCUT2D eigenvalue weighted by molar-refractivity contribution is 7.92. The largest absolute Gasteiger partial charge is 0.373 e. The quantitative estimate of drug-likeness (QED) is 0.280. The standard InChI is InChI=1S/C33H44FN3O5S/c1-21(2)31-29(32(28-15-13-25(34)17-23(28)5)36-33(35-31)37(6)43(7,38)39)16-14-26-18-27(19-30(42-26)41-22(3)4)40-20-24-11-9-8-10-12-24/h8-17,21-23,26-28,30H,18-20H2,1-7H3. The van der Waals surface area contributed by atoms with Gasteiger partial charge in [-0.05, 0) is 43.4 Å². The van der Waals surface area contributed by atoms with Crippen molar-refractivity contribution in [2.24, 2.45) is 5.92 Å². The topological polar surface area (TPSA) is 90.9 Å². The molecule has 1 saturated heterocycles. The molecule has 1 aromatic heterocycles. The van der Waals surface area contributed by atoms with Crippen LogP contribution in [0.25, 0.3) is 6.08 Å². The van der Waals surface area contributed by atoms with Crippen molar-refractivity contribution in [3.63, 3.8) is 0 Å². The van der Waals surface area contributed by atoms with Crippen LogP contribution in [0.2, 0.25) is 0 Å². The molecular weight excluding hydrogens is 569 g/mol. The predicted molar refractivity (Wildman–Crippen MR) is 168 cm³/mol. The van der Waals surface area contributed by atoms with E-state index in [0.29, 0.717) is 30.8 Å². The summed E-state index contributed by atoms with van der Waals surface area (Å²) < 4.78 is 58.8. The average Bonchev–Trinajstić information content (AvgIpc) is 2.94. The number of benzene rings is 1. The van der Waals surface area contributed by atoms with Crippen molar-refractivity contribution in [1.29, 1.82) is 0 Å². The van der Waals surface area contributed by atoms with E-state index in [1.54, 1.807) is 12.2 Å². The Morgan fingerprint density at radius 3 is 2.49 bits per heavy atom. The third-order valence-electron chi connectivity index (χ3n) is 7.59.